The van der Waals surface area contributed by atoms with Crippen molar-refractivity contribution in [2.75, 3.05) is 26.7 Å². The quantitative estimate of drug-likeness (QED) is 0.697. The molecule has 7 nitrogen and oxygen atoms in total. The van der Waals surface area contributed by atoms with Crippen LogP contribution < -0.4 is 20.1 Å². The highest BCUT2D eigenvalue weighted by Crippen LogP contribution is 2.26. The molecule has 1 aliphatic rings. The summed E-state index contributed by atoms with van der Waals surface area (Å²) in [4.78, 5) is 12.1. The van der Waals surface area contributed by atoms with Crippen molar-refractivity contribution in [1.29, 1.82) is 0 Å². The van der Waals surface area contributed by atoms with E-state index < -0.39 is 6.10 Å². The van der Waals surface area contributed by atoms with Crippen LogP contribution in [0.2, 0.25) is 0 Å². The van der Waals surface area contributed by atoms with Gasteiger partial charge in [-0.05, 0) is 24.3 Å². The van der Waals surface area contributed by atoms with Gasteiger partial charge in [-0.3, -0.25) is 4.79 Å². The summed E-state index contributed by atoms with van der Waals surface area (Å²) < 4.78 is 16.4. The van der Waals surface area contributed by atoms with Crippen LogP contribution in [0.25, 0.3) is 0 Å². The van der Waals surface area contributed by atoms with Gasteiger partial charge in [0.1, 0.15) is 12.4 Å². The summed E-state index contributed by atoms with van der Waals surface area (Å²) in [6.07, 6.45) is -0.429. The van der Waals surface area contributed by atoms with Gasteiger partial charge < -0.3 is 29.6 Å². The standard InChI is InChI=1S/C18H22N2O5/c1-23-15-4-2-3-5-16(15)24-11-13-6-7-17(25-13)18(22)20-9-12-8-19-10-14(12)21/h2-7,12,14,19,21H,8-11H2,1H3,(H,20,22). The zero-order valence-electron chi connectivity index (χ0n) is 14.0. The van der Waals surface area contributed by atoms with E-state index in [2.05, 4.69) is 10.6 Å². The second-order valence-electron chi connectivity index (χ2n) is 5.90. The van der Waals surface area contributed by atoms with Crippen LogP contribution in [-0.2, 0) is 6.61 Å². The molecule has 0 spiro atoms. The summed E-state index contributed by atoms with van der Waals surface area (Å²) in [5.41, 5.74) is 0. The topological polar surface area (TPSA) is 93.0 Å². The molecule has 0 saturated carbocycles. The molecular formula is C18H22N2O5. The van der Waals surface area contributed by atoms with E-state index in [0.717, 1.165) is 0 Å². The molecule has 2 heterocycles. The number of hydrogen-bond acceptors (Lipinski definition) is 6. The lowest BCUT2D eigenvalue weighted by Crippen LogP contribution is -2.34. The first-order valence-corrected chi connectivity index (χ1v) is 8.19. The maximum absolute atomic E-state index is 12.1. The summed E-state index contributed by atoms with van der Waals surface area (Å²) in [5, 5.41) is 15.6. The van der Waals surface area contributed by atoms with Gasteiger partial charge in [0, 0.05) is 25.6 Å². The van der Waals surface area contributed by atoms with E-state index in [1.165, 1.54) is 0 Å². The molecule has 1 aliphatic heterocycles. The monoisotopic (exact) mass is 346 g/mol. The number of aliphatic hydroxyl groups is 1. The molecule has 1 aromatic heterocycles. The first-order valence-electron chi connectivity index (χ1n) is 8.19. The van der Waals surface area contributed by atoms with Crippen LogP contribution in [0.5, 0.6) is 11.5 Å². The van der Waals surface area contributed by atoms with Gasteiger partial charge in [-0.2, -0.15) is 0 Å². The summed E-state index contributed by atoms with van der Waals surface area (Å²) in [7, 11) is 1.58. The van der Waals surface area contributed by atoms with Crippen molar-refractivity contribution in [3.8, 4) is 11.5 Å². The van der Waals surface area contributed by atoms with E-state index in [1.54, 1.807) is 25.3 Å². The zero-order chi connectivity index (χ0) is 17.6. The van der Waals surface area contributed by atoms with Crippen molar-refractivity contribution in [3.05, 3.63) is 47.9 Å². The maximum Gasteiger partial charge on any atom is 0.287 e. The molecule has 2 unspecified atom stereocenters. The average molecular weight is 346 g/mol. The Bertz CT molecular complexity index is 715. The number of amides is 1. The molecule has 0 bridgehead atoms. The Morgan fingerprint density at radius 2 is 2.08 bits per heavy atom. The number of hydrogen-bond donors (Lipinski definition) is 3. The number of nitrogens with one attached hydrogen (secondary N) is 2. The van der Waals surface area contributed by atoms with Crippen molar-refractivity contribution in [2.24, 2.45) is 5.92 Å². The first-order chi connectivity index (χ1) is 12.2. The molecule has 1 amide bonds. The highest BCUT2D eigenvalue weighted by molar-refractivity contribution is 5.91. The third-order valence-corrected chi connectivity index (χ3v) is 4.15. The lowest BCUT2D eigenvalue weighted by Gasteiger charge is -2.13. The molecule has 3 N–H and O–H groups in total. The van der Waals surface area contributed by atoms with E-state index in [4.69, 9.17) is 13.9 Å². The number of carbonyl (C=O) groups is 1. The molecule has 0 aliphatic carbocycles. The zero-order valence-corrected chi connectivity index (χ0v) is 14.0. The lowest BCUT2D eigenvalue weighted by molar-refractivity contribution is 0.0895. The Hall–Kier alpha value is -2.51. The van der Waals surface area contributed by atoms with E-state index in [-0.39, 0.29) is 24.2 Å². The first kappa shape index (κ1) is 17.3. The molecular weight excluding hydrogens is 324 g/mol. The maximum atomic E-state index is 12.1. The fourth-order valence-corrected chi connectivity index (χ4v) is 2.70. The number of furan rings is 1. The van der Waals surface area contributed by atoms with Crippen LogP contribution in [0.15, 0.2) is 40.8 Å². The summed E-state index contributed by atoms with van der Waals surface area (Å²) >= 11 is 0. The Morgan fingerprint density at radius 1 is 1.28 bits per heavy atom. The van der Waals surface area contributed by atoms with E-state index >= 15 is 0 Å². The summed E-state index contributed by atoms with van der Waals surface area (Å²) in [5.74, 6) is 1.72. The van der Waals surface area contributed by atoms with E-state index in [9.17, 15) is 9.90 Å². The van der Waals surface area contributed by atoms with Crippen molar-refractivity contribution < 1.29 is 23.8 Å². The fourth-order valence-electron chi connectivity index (χ4n) is 2.70. The van der Waals surface area contributed by atoms with Crippen molar-refractivity contribution in [1.82, 2.24) is 10.6 Å². The summed E-state index contributed by atoms with van der Waals surface area (Å²) in [6.45, 7) is 1.85. The van der Waals surface area contributed by atoms with Crippen LogP contribution in [-0.4, -0.2) is 43.9 Å². The van der Waals surface area contributed by atoms with Gasteiger partial charge in [-0.15, -0.1) is 0 Å². The smallest absolute Gasteiger partial charge is 0.287 e. The fraction of sp³-hybridized carbons (Fsp3) is 0.389. The largest absolute Gasteiger partial charge is 0.493 e. The van der Waals surface area contributed by atoms with Gasteiger partial charge >= 0.3 is 0 Å². The van der Waals surface area contributed by atoms with Crippen molar-refractivity contribution in [2.45, 2.75) is 12.7 Å². The number of rotatable bonds is 7. The number of benzene rings is 1. The molecule has 7 heteroatoms. The molecule has 134 valence electrons. The second-order valence-corrected chi connectivity index (χ2v) is 5.90. The third kappa shape index (κ3) is 4.32. The molecule has 2 atom stereocenters. The Morgan fingerprint density at radius 3 is 2.80 bits per heavy atom. The predicted molar refractivity (Wildman–Crippen MR) is 90.7 cm³/mol. The molecule has 1 aromatic carbocycles. The van der Waals surface area contributed by atoms with Gasteiger partial charge in [0.15, 0.2) is 17.3 Å². The van der Waals surface area contributed by atoms with Crippen molar-refractivity contribution in [3.63, 3.8) is 0 Å². The van der Waals surface area contributed by atoms with Crippen LogP contribution in [0.4, 0.5) is 0 Å². The second kappa shape index (κ2) is 8.04. The number of β-amino-alcohol motifs (C(OH)–C–C–N with tert-alkyl or cyclic N) is 1. The molecule has 1 saturated heterocycles. The van der Waals surface area contributed by atoms with Crippen LogP contribution in [0.3, 0.4) is 0 Å². The molecule has 0 radical (unpaired) electrons. The van der Waals surface area contributed by atoms with Gasteiger partial charge in [0.25, 0.3) is 5.91 Å². The van der Waals surface area contributed by atoms with Crippen LogP contribution in [0, 0.1) is 5.92 Å². The highest BCUT2D eigenvalue weighted by Gasteiger charge is 2.25. The van der Waals surface area contributed by atoms with Crippen molar-refractivity contribution >= 4 is 5.91 Å². The predicted octanol–water partition coefficient (Wildman–Crippen LogP) is 1.18. The third-order valence-electron chi connectivity index (χ3n) is 4.15. The average Bonchev–Trinajstić information content (AvgIpc) is 3.27. The van der Waals surface area contributed by atoms with Crippen LogP contribution in [0.1, 0.15) is 16.3 Å². The Kier molecular flexibility index (Phi) is 5.57. The minimum absolute atomic E-state index is 0.0206. The van der Waals surface area contributed by atoms with Crippen LogP contribution >= 0.6 is 0 Å². The number of methoxy groups -OCH3 is 1. The molecule has 1 fully saturated rings. The SMILES string of the molecule is COc1ccccc1OCc1ccc(C(=O)NCC2CNCC2O)o1. The normalized spacial score (nSPS) is 19.6. The molecule has 2 aromatic rings. The number of para-hydroxylation sites is 2. The van der Waals surface area contributed by atoms with E-state index in [1.807, 2.05) is 18.2 Å². The minimum atomic E-state index is -0.429. The number of carbonyl (C=O) groups excluding carboxylic acids is 1. The van der Waals surface area contributed by atoms with Gasteiger partial charge in [0.2, 0.25) is 0 Å². The Labute approximate surface area is 145 Å². The minimum Gasteiger partial charge on any atom is -0.493 e. The lowest BCUT2D eigenvalue weighted by atomic mass is 10.1. The number of ether oxygens (including phenoxy) is 2. The summed E-state index contributed by atoms with van der Waals surface area (Å²) in [6, 6.07) is 10.6. The van der Waals surface area contributed by atoms with Gasteiger partial charge in [-0.1, -0.05) is 12.1 Å². The van der Waals surface area contributed by atoms with Gasteiger partial charge in [0.05, 0.1) is 13.2 Å². The number of aliphatic hydroxyl groups excluding tert-OH is 1. The van der Waals surface area contributed by atoms with Gasteiger partial charge in [-0.25, -0.2) is 0 Å². The highest BCUT2D eigenvalue weighted by atomic mass is 16.5. The Balaban J connectivity index is 1.52. The van der Waals surface area contributed by atoms with E-state index in [0.29, 0.717) is 36.9 Å². The molecule has 25 heavy (non-hydrogen) atoms. The molecule has 3 rings (SSSR count).